The summed E-state index contributed by atoms with van der Waals surface area (Å²) in [7, 11) is 0. The van der Waals surface area contributed by atoms with Gasteiger partial charge in [-0.25, -0.2) is 4.98 Å². The molecule has 0 saturated heterocycles. The second kappa shape index (κ2) is 13.9. The Morgan fingerprint density at radius 2 is 1.05 bits per heavy atom. The lowest BCUT2D eigenvalue weighted by atomic mass is 9.78. The van der Waals surface area contributed by atoms with Crippen molar-refractivity contribution in [1.82, 2.24) is 14.5 Å². The molecule has 0 N–H and O–H groups in total. The lowest BCUT2D eigenvalue weighted by Gasteiger charge is -2.29. The lowest BCUT2D eigenvalue weighted by molar-refractivity contribution is 0.560. The van der Waals surface area contributed by atoms with E-state index in [-0.39, 0.29) is 16.2 Å². The van der Waals surface area contributed by atoms with E-state index < -0.39 is 0 Å². The highest BCUT2D eigenvalue weighted by molar-refractivity contribution is 7.80. The topological polar surface area (TPSA) is 30.7 Å². The second-order valence-corrected chi connectivity index (χ2v) is 18.7. The SMILES string of the molecule is CC(C)(C)c1cc(-c2cc(C(C)(C)C)cc(C(C)(C)C)c2S)nc(-n2c3ccccc3c3ccc(-c4cc(-c5ccc(-c6ccccc6)cc5)ccn4)cc32)c1. The van der Waals surface area contributed by atoms with Crippen molar-refractivity contribution in [2.45, 2.75) is 83.5 Å². The quantitative estimate of drug-likeness (QED) is 0.178. The van der Waals surface area contributed by atoms with Gasteiger partial charge < -0.3 is 0 Å². The molecule has 0 radical (unpaired) electrons. The molecule has 0 bridgehead atoms. The number of fused-ring (bicyclic) bond motifs is 3. The van der Waals surface area contributed by atoms with Gasteiger partial charge in [-0.2, -0.15) is 0 Å². The molecule has 0 fully saturated rings. The maximum atomic E-state index is 5.55. The summed E-state index contributed by atoms with van der Waals surface area (Å²) in [4.78, 5) is 11.4. The Morgan fingerprint density at radius 3 is 1.73 bits per heavy atom. The Balaban J connectivity index is 1.31. The molecule has 56 heavy (non-hydrogen) atoms. The van der Waals surface area contributed by atoms with Crippen LogP contribution in [-0.2, 0) is 16.2 Å². The van der Waals surface area contributed by atoms with Crippen LogP contribution in [0.4, 0.5) is 0 Å². The molecule has 3 heterocycles. The van der Waals surface area contributed by atoms with Gasteiger partial charge in [-0.3, -0.25) is 9.55 Å². The Labute approximate surface area is 337 Å². The molecule has 280 valence electrons. The largest absolute Gasteiger partial charge is 0.294 e. The van der Waals surface area contributed by atoms with E-state index in [0.29, 0.717) is 0 Å². The minimum atomic E-state index is -0.120. The standard InChI is InChI=1S/C52H51N3S/c1-50(2,3)38-29-42(49(56)43(30-38)52(7,8)9)45-31-39(51(4,5)6)32-48(54-45)55-46-18-14-13-17-40(46)41-24-23-37(28-47(41)55)44-27-36(25-26-53-44)35-21-19-34(20-22-35)33-15-11-10-12-16-33/h10-32,56H,1-9H3. The van der Waals surface area contributed by atoms with Crippen molar-refractivity contribution < 1.29 is 0 Å². The molecule has 0 unspecified atom stereocenters. The number of thiol groups is 1. The highest BCUT2D eigenvalue weighted by Crippen LogP contribution is 2.42. The number of benzene rings is 5. The number of pyridine rings is 2. The van der Waals surface area contributed by atoms with E-state index >= 15 is 0 Å². The Hall–Kier alpha value is -5.45. The molecule has 3 aromatic heterocycles. The number of hydrogen-bond donors (Lipinski definition) is 1. The van der Waals surface area contributed by atoms with Crippen LogP contribution in [0.5, 0.6) is 0 Å². The number of para-hydroxylation sites is 1. The summed E-state index contributed by atoms with van der Waals surface area (Å²) < 4.78 is 2.34. The molecule has 0 aliphatic carbocycles. The highest BCUT2D eigenvalue weighted by Gasteiger charge is 2.27. The van der Waals surface area contributed by atoms with Gasteiger partial charge in [0.2, 0.25) is 0 Å². The van der Waals surface area contributed by atoms with Gasteiger partial charge in [0, 0.05) is 33.0 Å². The van der Waals surface area contributed by atoms with E-state index in [2.05, 4.69) is 200 Å². The van der Waals surface area contributed by atoms with Gasteiger partial charge in [0.1, 0.15) is 5.82 Å². The molecule has 0 aliphatic rings. The summed E-state index contributed by atoms with van der Waals surface area (Å²) >= 11 is 5.25. The lowest BCUT2D eigenvalue weighted by Crippen LogP contribution is -2.18. The van der Waals surface area contributed by atoms with Crippen molar-refractivity contribution in [3.05, 3.63) is 156 Å². The Morgan fingerprint density at radius 1 is 0.464 bits per heavy atom. The fourth-order valence-corrected chi connectivity index (χ4v) is 8.25. The molecule has 8 rings (SSSR count). The van der Waals surface area contributed by atoms with Crippen molar-refractivity contribution in [2.75, 3.05) is 0 Å². The molecule has 8 aromatic rings. The van der Waals surface area contributed by atoms with Crippen LogP contribution >= 0.6 is 12.6 Å². The van der Waals surface area contributed by atoms with Gasteiger partial charge >= 0.3 is 0 Å². The molecule has 4 heteroatoms. The van der Waals surface area contributed by atoms with Gasteiger partial charge in [-0.1, -0.05) is 153 Å². The molecule has 0 spiro atoms. The van der Waals surface area contributed by atoms with Crippen LogP contribution in [0.1, 0.15) is 79.0 Å². The van der Waals surface area contributed by atoms with E-state index in [4.69, 9.17) is 22.6 Å². The molecular formula is C52H51N3S. The zero-order valence-corrected chi connectivity index (χ0v) is 35.0. The third-order valence-corrected chi connectivity index (χ3v) is 11.5. The van der Waals surface area contributed by atoms with Crippen molar-refractivity contribution in [2.24, 2.45) is 0 Å². The average molecular weight is 750 g/mol. The fourth-order valence-electron chi connectivity index (χ4n) is 7.67. The van der Waals surface area contributed by atoms with Gasteiger partial charge in [-0.15, -0.1) is 12.6 Å². The third kappa shape index (κ3) is 7.08. The minimum absolute atomic E-state index is 0.0408. The second-order valence-electron chi connectivity index (χ2n) is 18.2. The van der Waals surface area contributed by atoms with Crippen LogP contribution in [0.25, 0.3) is 72.4 Å². The molecule has 0 aliphatic heterocycles. The zero-order valence-electron chi connectivity index (χ0n) is 34.1. The van der Waals surface area contributed by atoms with Crippen molar-refractivity contribution in [3.8, 4) is 50.6 Å². The predicted molar refractivity (Wildman–Crippen MR) is 241 cm³/mol. The van der Waals surface area contributed by atoms with Crippen LogP contribution in [0, 0.1) is 0 Å². The van der Waals surface area contributed by atoms with Crippen LogP contribution < -0.4 is 0 Å². The number of nitrogens with zero attached hydrogens (tertiary/aromatic N) is 3. The van der Waals surface area contributed by atoms with Crippen molar-refractivity contribution in [3.63, 3.8) is 0 Å². The van der Waals surface area contributed by atoms with Gasteiger partial charge in [0.05, 0.1) is 22.4 Å². The molecule has 0 atom stereocenters. The summed E-state index contributed by atoms with van der Waals surface area (Å²) in [6.45, 7) is 20.5. The maximum absolute atomic E-state index is 5.55. The first-order chi connectivity index (χ1) is 26.6. The Bertz CT molecular complexity index is 2730. The van der Waals surface area contributed by atoms with Crippen molar-refractivity contribution in [1.29, 1.82) is 0 Å². The highest BCUT2D eigenvalue weighted by atomic mass is 32.1. The average Bonchev–Trinajstić information content (AvgIpc) is 3.51. The molecule has 3 nitrogen and oxygen atoms in total. The van der Waals surface area contributed by atoms with Gasteiger partial charge in [0.15, 0.2) is 0 Å². The van der Waals surface area contributed by atoms with Crippen LogP contribution in [-0.4, -0.2) is 14.5 Å². The predicted octanol–water partition coefficient (Wildman–Crippen LogP) is 14.4. The number of hydrogen-bond acceptors (Lipinski definition) is 3. The monoisotopic (exact) mass is 749 g/mol. The maximum Gasteiger partial charge on any atom is 0.138 e. The van der Waals surface area contributed by atoms with E-state index in [1.54, 1.807) is 0 Å². The van der Waals surface area contributed by atoms with Gasteiger partial charge in [-0.05, 0) is 97.7 Å². The first-order valence-electron chi connectivity index (χ1n) is 19.6. The molecule has 0 amide bonds. The van der Waals surface area contributed by atoms with E-state index in [9.17, 15) is 0 Å². The normalized spacial score (nSPS) is 12.5. The molecule has 0 saturated carbocycles. The zero-order chi connectivity index (χ0) is 39.6. The van der Waals surface area contributed by atoms with Crippen LogP contribution in [0.3, 0.4) is 0 Å². The van der Waals surface area contributed by atoms with E-state index in [1.165, 1.54) is 38.6 Å². The molecule has 5 aromatic carbocycles. The summed E-state index contributed by atoms with van der Waals surface area (Å²) in [5, 5.41) is 2.37. The van der Waals surface area contributed by atoms with E-state index in [0.717, 1.165) is 55.4 Å². The van der Waals surface area contributed by atoms with Crippen LogP contribution in [0.2, 0.25) is 0 Å². The minimum Gasteiger partial charge on any atom is -0.294 e. The Kier molecular flexibility index (Phi) is 9.32. The molecular weight excluding hydrogens is 699 g/mol. The first-order valence-corrected chi connectivity index (χ1v) is 20.1. The third-order valence-electron chi connectivity index (χ3n) is 11.0. The smallest absolute Gasteiger partial charge is 0.138 e. The van der Waals surface area contributed by atoms with E-state index in [1.807, 2.05) is 6.20 Å². The first kappa shape index (κ1) is 37.5. The number of rotatable bonds is 5. The van der Waals surface area contributed by atoms with Crippen molar-refractivity contribution >= 4 is 34.4 Å². The van der Waals surface area contributed by atoms with Crippen LogP contribution in [0.15, 0.2) is 145 Å². The summed E-state index contributed by atoms with van der Waals surface area (Å²) in [6.07, 6.45) is 1.92. The number of aromatic nitrogens is 3. The summed E-state index contributed by atoms with van der Waals surface area (Å²) in [5.74, 6) is 0.891. The van der Waals surface area contributed by atoms with Gasteiger partial charge in [0.25, 0.3) is 0 Å². The summed E-state index contributed by atoms with van der Waals surface area (Å²) in [5.41, 5.74) is 14.4. The summed E-state index contributed by atoms with van der Waals surface area (Å²) in [6, 6.07) is 48.2. The fraction of sp³-hybridized carbons (Fsp3) is 0.231.